The molecule has 0 bridgehead atoms. The topological polar surface area (TPSA) is 53.7 Å². The maximum atomic E-state index is 12.1. The van der Waals surface area contributed by atoms with Gasteiger partial charge in [0.1, 0.15) is 5.75 Å². The number of halogens is 3. The van der Waals surface area contributed by atoms with Gasteiger partial charge in [0.15, 0.2) is 6.29 Å². The second-order valence-corrected chi connectivity index (χ2v) is 3.51. The Morgan fingerprint density at radius 1 is 1.22 bits per heavy atom. The molecule has 0 spiro atoms. The number of hydrogen-bond acceptors (Lipinski definition) is 4. The van der Waals surface area contributed by atoms with Gasteiger partial charge in [0.25, 0.3) is 0 Å². The quantitative estimate of drug-likeness (QED) is 0.655. The SMILES string of the molecule is COC(Cc1cc(OC(F)(F)F)ccc1N)OC. The third-order valence-corrected chi connectivity index (χ3v) is 2.26. The lowest BCUT2D eigenvalue weighted by molar-refractivity contribution is -0.274. The molecule has 4 nitrogen and oxygen atoms in total. The van der Waals surface area contributed by atoms with E-state index >= 15 is 0 Å². The van der Waals surface area contributed by atoms with Gasteiger partial charge >= 0.3 is 6.36 Å². The van der Waals surface area contributed by atoms with Crippen molar-refractivity contribution in [3.8, 4) is 5.75 Å². The summed E-state index contributed by atoms with van der Waals surface area (Å²) in [5, 5.41) is 0. The molecule has 1 rings (SSSR count). The molecule has 0 radical (unpaired) electrons. The molecule has 2 N–H and O–H groups in total. The van der Waals surface area contributed by atoms with Crippen LogP contribution >= 0.6 is 0 Å². The number of benzene rings is 1. The number of anilines is 1. The van der Waals surface area contributed by atoms with Crippen LogP contribution < -0.4 is 10.5 Å². The fraction of sp³-hybridized carbons (Fsp3) is 0.455. The van der Waals surface area contributed by atoms with Crippen LogP contribution in [0.15, 0.2) is 18.2 Å². The van der Waals surface area contributed by atoms with Crippen LogP contribution in [0.25, 0.3) is 0 Å². The average Bonchev–Trinajstić information content (AvgIpc) is 2.28. The van der Waals surface area contributed by atoms with E-state index in [1.165, 1.54) is 26.4 Å². The molecule has 0 aliphatic rings. The van der Waals surface area contributed by atoms with Crippen LogP contribution in [0.4, 0.5) is 18.9 Å². The number of hydrogen-bond donors (Lipinski definition) is 1. The van der Waals surface area contributed by atoms with Gasteiger partial charge in [-0.1, -0.05) is 0 Å². The summed E-state index contributed by atoms with van der Waals surface area (Å²) >= 11 is 0. The molecule has 0 fully saturated rings. The average molecular weight is 265 g/mol. The monoisotopic (exact) mass is 265 g/mol. The van der Waals surface area contributed by atoms with E-state index in [1.807, 2.05) is 0 Å². The second-order valence-electron chi connectivity index (χ2n) is 3.51. The van der Waals surface area contributed by atoms with Crippen LogP contribution in [0.3, 0.4) is 0 Å². The Morgan fingerprint density at radius 2 is 1.83 bits per heavy atom. The van der Waals surface area contributed by atoms with Crippen molar-refractivity contribution in [3.63, 3.8) is 0 Å². The molecule has 1 aromatic carbocycles. The molecule has 0 saturated carbocycles. The van der Waals surface area contributed by atoms with Crippen LogP contribution in [0.5, 0.6) is 5.75 Å². The summed E-state index contributed by atoms with van der Waals surface area (Å²) in [5.74, 6) is -0.322. The maximum Gasteiger partial charge on any atom is 0.573 e. The van der Waals surface area contributed by atoms with E-state index in [2.05, 4.69) is 4.74 Å². The van der Waals surface area contributed by atoms with Gasteiger partial charge in [-0.2, -0.15) is 0 Å². The first-order valence-electron chi connectivity index (χ1n) is 5.05. The van der Waals surface area contributed by atoms with Crippen molar-refractivity contribution in [1.82, 2.24) is 0 Å². The Kier molecular flexibility index (Phi) is 4.80. The van der Waals surface area contributed by atoms with Crippen LogP contribution in [-0.2, 0) is 15.9 Å². The molecule has 0 unspecified atom stereocenters. The predicted octanol–water partition coefficient (Wildman–Crippen LogP) is 2.33. The number of rotatable bonds is 5. The summed E-state index contributed by atoms with van der Waals surface area (Å²) in [5.41, 5.74) is 6.48. The van der Waals surface area contributed by atoms with Gasteiger partial charge in [0.05, 0.1) is 0 Å². The summed E-state index contributed by atoms with van der Waals surface area (Å²) in [6.45, 7) is 0. The van der Waals surface area contributed by atoms with E-state index in [-0.39, 0.29) is 12.2 Å². The Labute approximate surface area is 102 Å². The highest BCUT2D eigenvalue weighted by Crippen LogP contribution is 2.26. The second kappa shape index (κ2) is 5.92. The number of nitrogen functional groups attached to an aromatic ring is 1. The van der Waals surface area contributed by atoms with Crippen LogP contribution in [-0.4, -0.2) is 26.9 Å². The van der Waals surface area contributed by atoms with Crippen LogP contribution in [0.1, 0.15) is 5.56 Å². The molecule has 0 amide bonds. The molecule has 0 aliphatic carbocycles. The van der Waals surface area contributed by atoms with E-state index in [1.54, 1.807) is 0 Å². The third kappa shape index (κ3) is 4.42. The molecule has 7 heteroatoms. The summed E-state index contributed by atoms with van der Waals surface area (Å²) in [7, 11) is 2.86. The summed E-state index contributed by atoms with van der Waals surface area (Å²) < 4.78 is 49.9. The van der Waals surface area contributed by atoms with Crippen LogP contribution in [0, 0.1) is 0 Å². The van der Waals surface area contributed by atoms with Gasteiger partial charge in [-0.3, -0.25) is 0 Å². The molecule has 0 aliphatic heterocycles. The van der Waals surface area contributed by atoms with Crippen molar-refractivity contribution in [3.05, 3.63) is 23.8 Å². The highest BCUT2D eigenvalue weighted by molar-refractivity contribution is 5.50. The predicted molar refractivity (Wildman–Crippen MR) is 59.0 cm³/mol. The van der Waals surface area contributed by atoms with Gasteiger partial charge in [0, 0.05) is 26.3 Å². The van der Waals surface area contributed by atoms with Crippen molar-refractivity contribution in [2.24, 2.45) is 0 Å². The minimum absolute atomic E-state index is 0.230. The third-order valence-electron chi connectivity index (χ3n) is 2.26. The molecule has 0 aromatic heterocycles. The molecule has 0 saturated heterocycles. The minimum atomic E-state index is -4.73. The van der Waals surface area contributed by atoms with E-state index in [0.29, 0.717) is 11.3 Å². The first kappa shape index (κ1) is 14.6. The normalized spacial score (nSPS) is 11.9. The molecule has 1 aromatic rings. The van der Waals surface area contributed by atoms with E-state index in [4.69, 9.17) is 15.2 Å². The van der Waals surface area contributed by atoms with Gasteiger partial charge in [0.2, 0.25) is 0 Å². The van der Waals surface area contributed by atoms with E-state index in [0.717, 1.165) is 6.07 Å². The Hall–Kier alpha value is -1.47. The van der Waals surface area contributed by atoms with Gasteiger partial charge in [-0.15, -0.1) is 13.2 Å². The lowest BCUT2D eigenvalue weighted by Crippen LogP contribution is -2.19. The first-order chi connectivity index (χ1) is 8.35. The summed E-state index contributed by atoms with van der Waals surface area (Å²) in [6, 6.07) is 3.72. The number of alkyl halides is 3. The highest BCUT2D eigenvalue weighted by Gasteiger charge is 2.31. The lowest BCUT2D eigenvalue weighted by atomic mass is 10.1. The van der Waals surface area contributed by atoms with Gasteiger partial charge in [-0.25, -0.2) is 0 Å². The van der Waals surface area contributed by atoms with Crippen molar-refractivity contribution in [2.75, 3.05) is 20.0 Å². The van der Waals surface area contributed by atoms with Crippen molar-refractivity contribution >= 4 is 5.69 Å². The first-order valence-corrected chi connectivity index (χ1v) is 5.05. The standard InChI is InChI=1S/C11H14F3NO3/c1-16-10(17-2)6-7-5-8(3-4-9(7)15)18-11(12,13)14/h3-5,10H,6,15H2,1-2H3. The molecular weight excluding hydrogens is 251 g/mol. The Morgan fingerprint density at radius 3 is 2.33 bits per heavy atom. The van der Waals surface area contributed by atoms with Gasteiger partial charge in [-0.05, 0) is 23.8 Å². The smallest absolute Gasteiger partial charge is 0.406 e. The lowest BCUT2D eigenvalue weighted by Gasteiger charge is -2.16. The fourth-order valence-electron chi connectivity index (χ4n) is 1.40. The summed E-state index contributed by atoms with van der Waals surface area (Å²) in [4.78, 5) is 0. The van der Waals surface area contributed by atoms with E-state index in [9.17, 15) is 13.2 Å². The fourth-order valence-corrected chi connectivity index (χ4v) is 1.40. The zero-order chi connectivity index (χ0) is 13.8. The molecular formula is C11H14F3NO3. The van der Waals surface area contributed by atoms with Gasteiger partial charge < -0.3 is 19.9 Å². The number of ether oxygens (including phenoxy) is 3. The molecule has 18 heavy (non-hydrogen) atoms. The molecule has 0 heterocycles. The number of nitrogens with two attached hydrogens (primary N) is 1. The largest absolute Gasteiger partial charge is 0.573 e. The van der Waals surface area contributed by atoms with Crippen LogP contribution in [0.2, 0.25) is 0 Å². The minimum Gasteiger partial charge on any atom is -0.406 e. The zero-order valence-electron chi connectivity index (χ0n) is 9.95. The molecule has 102 valence electrons. The highest BCUT2D eigenvalue weighted by atomic mass is 19.4. The molecule has 0 atom stereocenters. The van der Waals surface area contributed by atoms with Crippen molar-refractivity contribution in [1.29, 1.82) is 0 Å². The van der Waals surface area contributed by atoms with Crippen molar-refractivity contribution in [2.45, 2.75) is 19.1 Å². The van der Waals surface area contributed by atoms with E-state index < -0.39 is 12.7 Å². The zero-order valence-corrected chi connectivity index (χ0v) is 9.95. The Bertz CT molecular complexity index is 392. The summed E-state index contributed by atoms with van der Waals surface area (Å²) in [6.07, 6.45) is -5.07. The van der Waals surface area contributed by atoms with Crippen molar-refractivity contribution < 1.29 is 27.4 Å². The number of methoxy groups -OCH3 is 2. The maximum absolute atomic E-state index is 12.1. The Balaban J connectivity index is 2.87.